The van der Waals surface area contributed by atoms with Gasteiger partial charge in [0.15, 0.2) is 21.5 Å². The Balaban J connectivity index is 0.000000296. The fraction of sp³-hybridized carbons (Fsp3) is 0.514. The summed E-state index contributed by atoms with van der Waals surface area (Å²) in [4.78, 5) is 33.0. The molecule has 0 amide bonds. The van der Waals surface area contributed by atoms with E-state index in [0.29, 0.717) is 51.4 Å². The van der Waals surface area contributed by atoms with Gasteiger partial charge in [0.1, 0.15) is 26.4 Å². The van der Waals surface area contributed by atoms with Crippen molar-refractivity contribution in [3.63, 3.8) is 0 Å². The Labute approximate surface area is 330 Å². The Kier molecular flexibility index (Phi) is 18.3. The van der Waals surface area contributed by atoms with Gasteiger partial charge in [-0.25, -0.2) is 19.3 Å². The summed E-state index contributed by atoms with van der Waals surface area (Å²) in [5, 5.41) is 16.9. The van der Waals surface area contributed by atoms with Gasteiger partial charge in [-0.05, 0) is 53.7 Å². The van der Waals surface area contributed by atoms with E-state index in [1.807, 2.05) is 47.6 Å². The molecule has 0 fully saturated rings. The minimum Gasteiger partial charge on any atom is -0.485 e. The monoisotopic (exact) mass is 807 g/mol. The van der Waals surface area contributed by atoms with Gasteiger partial charge in [-0.1, -0.05) is 23.2 Å². The number of aromatic nitrogens is 6. The van der Waals surface area contributed by atoms with Gasteiger partial charge in [-0.3, -0.25) is 9.59 Å². The van der Waals surface area contributed by atoms with Crippen LogP contribution in [0.15, 0.2) is 58.6 Å². The molecule has 0 aromatic carbocycles. The van der Waals surface area contributed by atoms with Gasteiger partial charge in [0.2, 0.25) is 11.8 Å². The highest BCUT2D eigenvalue weighted by molar-refractivity contribution is 6.32. The van der Waals surface area contributed by atoms with Crippen molar-refractivity contribution < 1.29 is 38.3 Å². The lowest BCUT2D eigenvalue weighted by Gasteiger charge is -2.21. The maximum Gasteiger partial charge on any atom is 0.289 e. The van der Waals surface area contributed by atoms with Crippen molar-refractivity contribution in [1.29, 1.82) is 0 Å². The summed E-state index contributed by atoms with van der Waals surface area (Å²) >= 11 is 12.3. The van der Waals surface area contributed by atoms with Gasteiger partial charge in [-0.15, -0.1) is 0 Å². The Morgan fingerprint density at radius 1 is 0.600 bits per heavy atom. The first kappa shape index (κ1) is 45.1. The van der Waals surface area contributed by atoms with E-state index in [9.17, 15) is 9.59 Å². The molecule has 0 aliphatic rings. The van der Waals surface area contributed by atoms with E-state index in [1.54, 1.807) is 37.7 Å². The van der Waals surface area contributed by atoms with E-state index >= 15 is 0 Å². The number of aliphatic hydroxyl groups excluding tert-OH is 1. The van der Waals surface area contributed by atoms with Crippen LogP contribution in [0.2, 0.25) is 10.0 Å². The zero-order chi connectivity index (χ0) is 40.4. The largest absolute Gasteiger partial charge is 0.485 e. The molecule has 0 saturated heterocycles. The third kappa shape index (κ3) is 15.0. The molecule has 4 heterocycles. The van der Waals surface area contributed by atoms with Gasteiger partial charge in [0.25, 0.3) is 11.1 Å². The SMILES string of the molecule is CC(C)(C)n1ncc(OCc2ccc(OCCOCCO)nc2)c(Cl)c1=O.CC(C)(C)n1ncc(OCc2ccc(OCCOCCO[11CH3])nc2)c(Cl)c1=O. The average Bonchev–Trinajstić information content (AvgIpc) is 3.14. The molecule has 0 radical (unpaired) electrons. The Hall–Kier alpha value is -4.32. The van der Waals surface area contributed by atoms with Crippen LogP contribution in [0.5, 0.6) is 23.3 Å². The molecule has 55 heavy (non-hydrogen) atoms. The number of methoxy groups -OCH3 is 1. The predicted molar refractivity (Wildman–Crippen MR) is 206 cm³/mol. The summed E-state index contributed by atoms with van der Waals surface area (Å²) < 4.78 is 40.1. The molecule has 16 nitrogen and oxygen atoms in total. The molecule has 0 aliphatic heterocycles. The van der Waals surface area contributed by atoms with Crippen LogP contribution in [0.3, 0.4) is 0 Å². The molecule has 0 aliphatic carbocycles. The van der Waals surface area contributed by atoms with Crippen molar-refractivity contribution in [3.05, 3.63) is 90.9 Å². The molecular formula is C37H50Cl2N6O10. The molecule has 1 N–H and O–H groups in total. The Morgan fingerprint density at radius 2 is 1.02 bits per heavy atom. The van der Waals surface area contributed by atoms with Gasteiger partial charge >= 0.3 is 0 Å². The molecule has 4 rings (SSSR count). The lowest BCUT2D eigenvalue weighted by molar-refractivity contribution is 0.0537. The van der Waals surface area contributed by atoms with Crippen LogP contribution in [-0.4, -0.2) is 94.6 Å². The van der Waals surface area contributed by atoms with E-state index in [4.69, 9.17) is 61.5 Å². The standard InChI is InChI=1S/C19H26ClN3O5.C18H24ClN3O5/c1-19(2,3)23-18(24)17(20)15(12-22-23)28-13-14-5-6-16(21-11-14)27-10-9-26-8-7-25-4;1-18(2,3)22-17(24)16(19)14(11-21-22)27-12-13-4-5-15(20-10-13)26-9-8-25-7-6-23/h5-6,11-12H,7-10,13H2,1-4H3;4-5,10-11,23H,6-9,12H2,1-3H3/i4-1;. The summed E-state index contributed by atoms with van der Waals surface area (Å²) in [5.74, 6) is 1.41. The number of pyridine rings is 2. The van der Waals surface area contributed by atoms with E-state index in [2.05, 4.69) is 20.2 Å². The first-order chi connectivity index (χ1) is 26.1. The molecule has 4 aromatic rings. The van der Waals surface area contributed by atoms with Crippen LogP contribution in [0.1, 0.15) is 52.7 Å². The highest BCUT2D eigenvalue weighted by Gasteiger charge is 2.21. The minimum absolute atomic E-state index is 0.00397. The molecule has 0 atom stereocenters. The smallest absolute Gasteiger partial charge is 0.289 e. The molecule has 0 saturated carbocycles. The van der Waals surface area contributed by atoms with Crippen LogP contribution in [0.25, 0.3) is 0 Å². The first-order valence-electron chi connectivity index (χ1n) is 17.4. The molecular weight excluding hydrogens is 758 g/mol. The Morgan fingerprint density at radius 3 is 1.38 bits per heavy atom. The van der Waals surface area contributed by atoms with Crippen molar-refractivity contribution in [2.75, 3.05) is 60.0 Å². The van der Waals surface area contributed by atoms with E-state index < -0.39 is 16.6 Å². The topological polar surface area (TPSA) is 180 Å². The summed E-state index contributed by atoms with van der Waals surface area (Å²) in [7, 11) is 1.62. The van der Waals surface area contributed by atoms with Crippen LogP contribution < -0.4 is 30.1 Å². The second kappa shape index (κ2) is 22.3. The maximum absolute atomic E-state index is 12.3. The van der Waals surface area contributed by atoms with Gasteiger partial charge < -0.3 is 38.3 Å². The fourth-order valence-electron chi connectivity index (χ4n) is 4.30. The number of aliphatic hydroxyl groups is 1. The Bertz CT molecular complexity index is 1860. The molecule has 0 bridgehead atoms. The van der Waals surface area contributed by atoms with Crippen molar-refractivity contribution in [2.45, 2.75) is 65.8 Å². The highest BCUT2D eigenvalue weighted by Crippen LogP contribution is 2.23. The summed E-state index contributed by atoms with van der Waals surface area (Å²) in [5.41, 5.74) is -0.126. The number of hydrogen-bond donors (Lipinski definition) is 1. The third-order valence-corrected chi connectivity index (χ3v) is 7.75. The average molecular weight is 809 g/mol. The first-order valence-corrected chi connectivity index (χ1v) is 18.1. The van der Waals surface area contributed by atoms with Crippen molar-refractivity contribution >= 4 is 23.2 Å². The van der Waals surface area contributed by atoms with Crippen molar-refractivity contribution in [2.24, 2.45) is 0 Å². The molecule has 18 heteroatoms. The number of ether oxygens (including phenoxy) is 7. The number of halogens is 2. The molecule has 0 spiro atoms. The minimum atomic E-state index is -0.470. The molecule has 302 valence electrons. The number of rotatable bonds is 19. The van der Waals surface area contributed by atoms with Crippen molar-refractivity contribution in [1.82, 2.24) is 29.5 Å². The van der Waals surface area contributed by atoms with Gasteiger partial charge in [0.05, 0.1) is 63.1 Å². The lowest BCUT2D eigenvalue weighted by Crippen LogP contribution is -2.36. The zero-order valence-electron chi connectivity index (χ0n) is 32.3. The van der Waals surface area contributed by atoms with E-state index in [1.165, 1.54) is 21.8 Å². The third-order valence-electron chi connectivity index (χ3n) is 7.05. The second-order valence-corrected chi connectivity index (χ2v) is 14.4. The quantitative estimate of drug-likeness (QED) is 0.129. The fourth-order valence-corrected chi connectivity index (χ4v) is 4.67. The van der Waals surface area contributed by atoms with E-state index in [-0.39, 0.29) is 53.5 Å². The molecule has 0 unspecified atom stereocenters. The lowest BCUT2D eigenvalue weighted by atomic mass is 10.1. The summed E-state index contributed by atoms with van der Waals surface area (Å²) in [6, 6.07) is 7.08. The van der Waals surface area contributed by atoms with Crippen LogP contribution in [0.4, 0.5) is 0 Å². The molecule has 4 aromatic heterocycles. The van der Waals surface area contributed by atoms with Crippen LogP contribution in [0, 0.1) is 0 Å². The van der Waals surface area contributed by atoms with E-state index in [0.717, 1.165) is 11.1 Å². The normalized spacial score (nSPS) is 11.5. The van der Waals surface area contributed by atoms with Crippen LogP contribution >= 0.6 is 23.2 Å². The van der Waals surface area contributed by atoms with Gasteiger partial charge in [-0.2, -0.15) is 10.2 Å². The zero-order valence-corrected chi connectivity index (χ0v) is 33.8. The van der Waals surface area contributed by atoms with Crippen molar-refractivity contribution in [3.8, 4) is 23.3 Å². The number of nitrogens with zero attached hydrogens (tertiary/aromatic N) is 6. The second-order valence-electron chi connectivity index (χ2n) is 13.6. The highest BCUT2D eigenvalue weighted by atomic mass is 35.5. The number of hydrogen-bond acceptors (Lipinski definition) is 14. The van der Waals surface area contributed by atoms with Crippen LogP contribution in [-0.2, 0) is 38.5 Å². The maximum atomic E-state index is 12.3. The summed E-state index contributed by atoms with van der Waals surface area (Å²) in [6.07, 6.45) is 6.14. The van der Waals surface area contributed by atoms with Gasteiger partial charge in [0, 0.05) is 42.8 Å². The summed E-state index contributed by atoms with van der Waals surface area (Å²) in [6.45, 7) is 14.5. The predicted octanol–water partition coefficient (Wildman–Crippen LogP) is 4.68.